The quantitative estimate of drug-likeness (QED) is 0.451. The molecule has 0 aliphatic rings. The highest BCUT2D eigenvalue weighted by atomic mass is 16.5. The van der Waals surface area contributed by atoms with Gasteiger partial charge in [-0.2, -0.15) is 0 Å². The van der Waals surface area contributed by atoms with E-state index in [0.717, 1.165) is 16.7 Å². The van der Waals surface area contributed by atoms with Crippen molar-refractivity contribution in [1.82, 2.24) is 4.98 Å². The monoisotopic (exact) mass is 387 g/mol. The summed E-state index contributed by atoms with van der Waals surface area (Å²) >= 11 is 0. The highest BCUT2D eigenvalue weighted by molar-refractivity contribution is 6.10. The number of carboxylic acid groups (broad SMARTS) is 1. The Bertz CT molecular complexity index is 1160. The minimum Gasteiger partial charge on any atom is -0.482 e. The van der Waals surface area contributed by atoms with Crippen LogP contribution in [-0.4, -0.2) is 28.4 Å². The Labute approximate surface area is 166 Å². The van der Waals surface area contributed by atoms with Crippen LogP contribution in [-0.2, 0) is 4.79 Å². The zero-order chi connectivity index (χ0) is 20.2. The summed E-state index contributed by atoms with van der Waals surface area (Å²) in [5.74, 6) is 0.600. The van der Waals surface area contributed by atoms with Crippen molar-refractivity contribution < 1.29 is 24.2 Å². The van der Waals surface area contributed by atoms with Gasteiger partial charge in [-0.3, -0.25) is 4.79 Å². The van der Waals surface area contributed by atoms with Crippen LogP contribution in [0.2, 0.25) is 0 Å². The van der Waals surface area contributed by atoms with Crippen molar-refractivity contribution in [3.05, 3.63) is 90.1 Å². The van der Waals surface area contributed by atoms with E-state index in [0.29, 0.717) is 22.8 Å². The van der Waals surface area contributed by atoms with Gasteiger partial charge in [-0.1, -0.05) is 18.2 Å². The number of carboxylic acids is 1. The lowest BCUT2D eigenvalue weighted by molar-refractivity contribution is -0.139. The zero-order valence-corrected chi connectivity index (χ0v) is 15.3. The Hall–Kier alpha value is -4.06. The number of nitrogens with one attached hydrogen (secondary N) is 1. The third-order valence-corrected chi connectivity index (χ3v) is 4.29. The van der Waals surface area contributed by atoms with Crippen LogP contribution >= 0.6 is 0 Å². The van der Waals surface area contributed by atoms with Gasteiger partial charge in [0.1, 0.15) is 17.2 Å². The van der Waals surface area contributed by atoms with Crippen LogP contribution in [0.1, 0.15) is 16.1 Å². The van der Waals surface area contributed by atoms with Crippen molar-refractivity contribution in [2.45, 2.75) is 0 Å². The predicted molar refractivity (Wildman–Crippen MR) is 108 cm³/mol. The second-order valence-electron chi connectivity index (χ2n) is 6.38. The summed E-state index contributed by atoms with van der Waals surface area (Å²) in [6, 6.07) is 23.2. The molecule has 6 heteroatoms. The fourth-order valence-corrected chi connectivity index (χ4v) is 2.92. The Morgan fingerprint density at radius 1 is 0.828 bits per heavy atom. The Kier molecular flexibility index (Phi) is 4.99. The van der Waals surface area contributed by atoms with Gasteiger partial charge >= 0.3 is 5.97 Å². The van der Waals surface area contributed by atoms with E-state index in [1.165, 1.54) is 0 Å². The SMILES string of the molecule is O=C(O)COc1ccc2[nH]c(C(=O)c3ccc(Oc4ccccc4)cc3)cc2c1. The molecule has 0 bridgehead atoms. The van der Waals surface area contributed by atoms with E-state index in [4.69, 9.17) is 14.6 Å². The molecule has 0 spiro atoms. The molecule has 0 saturated heterocycles. The first kappa shape index (κ1) is 18.3. The normalized spacial score (nSPS) is 10.6. The maximum atomic E-state index is 12.8. The molecule has 0 fully saturated rings. The summed E-state index contributed by atoms with van der Waals surface area (Å²) in [6.45, 7) is -0.418. The molecule has 2 N–H and O–H groups in total. The number of fused-ring (bicyclic) bond motifs is 1. The Morgan fingerprint density at radius 3 is 2.24 bits per heavy atom. The number of H-pyrrole nitrogens is 1. The number of carbonyl (C=O) groups is 2. The highest BCUT2D eigenvalue weighted by Crippen LogP contribution is 2.25. The van der Waals surface area contributed by atoms with Crippen LogP contribution in [0, 0.1) is 0 Å². The molecule has 0 atom stereocenters. The molecule has 0 unspecified atom stereocenters. The minimum absolute atomic E-state index is 0.152. The molecule has 4 rings (SSSR count). The smallest absolute Gasteiger partial charge is 0.341 e. The van der Waals surface area contributed by atoms with E-state index in [1.54, 1.807) is 48.5 Å². The molecule has 3 aromatic carbocycles. The first-order chi connectivity index (χ1) is 14.1. The molecule has 4 aromatic rings. The fourth-order valence-electron chi connectivity index (χ4n) is 2.92. The van der Waals surface area contributed by atoms with Crippen LogP contribution in [0.3, 0.4) is 0 Å². The second-order valence-corrected chi connectivity index (χ2v) is 6.38. The number of ketones is 1. The number of hydrogen-bond donors (Lipinski definition) is 2. The maximum absolute atomic E-state index is 12.8. The van der Waals surface area contributed by atoms with Gasteiger partial charge in [-0.15, -0.1) is 0 Å². The van der Waals surface area contributed by atoms with Gasteiger partial charge in [0, 0.05) is 16.5 Å². The van der Waals surface area contributed by atoms with E-state index in [2.05, 4.69) is 4.98 Å². The molecular formula is C23H17NO5. The third kappa shape index (κ3) is 4.27. The van der Waals surface area contributed by atoms with E-state index in [-0.39, 0.29) is 5.78 Å². The largest absolute Gasteiger partial charge is 0.482 e. The second kappa shape index (κ2) is 7.90. The highest BCUT2D eigenvalue weighted by Gasteiger charge is 2.13. The van der Waals surface area contributed by atoms with Gasteiger partial charge in [0.15, 0.2) is 6.61 Å². The molecule has 0 aliphatic carbocycles. The number of benzene rings is 3. The van der Waals surface area contributed by atoms with Crippen LogP contribution in [0.5, 0.6) is 17.2 Å². The number of rotatable bonds is 7. The molecule has 0 aliphatic heterocycles. The van der Waals surface area contributed by atoms with Gasteiger partial charge < -0.3 is 19.6 Å². The number of hydrogen-bond acceptors (Lipinski definition) is 4. The lowest BCUT2D eigenvalue weighted by Gasteiger charge is -2.06. The van der Waals surface area contributed by atoms with Crippen LogP contribution in [0.25, 0.3) is 10.9 Å². The fraction of sp³-hybridized carbons (Fsp3) is 0.0435. The van der Waals surface area contributed by atoms with Crippen molar-refractivity contribution in [1.29, 1.82) is 0 Å². The topological polar surface area (TPSA) is 88.6 Å². The van der Waals surface area contributed by atoms with E-state index >= 15 is 0 Å². The molecule has 0 saturated carbocycles. The summed E-state index contributed by atoms with van der Waals surface area (Å²) in [5, 5.41) is 9.47. The van der Waals surface area contributed by atoms with Crippen LogP contribution in [0.15, 0.2) is 78.9 Å². The summed E-state index contributed by atoms with van der Waals surface area (Å²) in [4.78, 5) is 26.5. The standard InChI is InChI=1S/C23H17NO5/c25-22(26)14-28-19-10-11-20-16(12-19)13-21(24-20)23(27)15-6-8-18(9-7-15)29-17-4-2-1-3-5-17/h1-13,24H,14H2,(H,25,26). The Balaban J connectivity index is 1.51. The maximum Gasteiger partial charge on any atom is 0.341 e. The number of para-hydroxylation sites is 1. The van der Waals surface area contributed by atoms with E-state index in [1.807, 2.05) is 30.3 Å². The molecule has 0 amide bonds. The molecule has 6 nitrogen and oxygen atoms in total. The average molecular weight is 387 g/mol. The van der Waals surface area contributed by atoms with Gasteiger partial charge in [0.25, 0.3) is 0 Å². The number of aromatic nitrogens is 1. The molecule has 1 aromatic heterocycles. The molecule has 0 radical (unpaired) electrons. The number of aromatic amines is 1. The number of aliphatic carboxylic acids is 1. The summed E-state index contributed by atoms with van der Waals surface area (Å²) < 4.78 is 10.9. The third-order valence-electron chi connectivity index (χ3n) is 4.29. The number of ether oxygens (including phenoxy) is 2. The van der Waals surface area contributed by atoms with Crippen molar-refractivity contribution in [2.24, 2.45) is 0 Å². The van der Waals surface area contributed by atoms with Gasteiger partial charge in [0.2, 0.25) is 5.78 Å². The molecule has 144 valence electrons. The van der Waals surface area contributed by atoms with Crippen LogP contribution < -0.4 is 9.47 Å². The number of carbonyl (C=O) groups excluding carboxylic acids is 1. The van der Waals surface area contributed by atoms with Gasteiger partial charge in [-0.25, -0.2) is 4.79 Å². The zero-order valence-electron chi connectivity index (χ0n) is 15.3. The first-order valence-electron chi connectivity index (χ1n) is 8.93. The minimum atomic E-state index is -1.05. The summed E-state index contributed by atoms with van der Waals surface area (Å²) in [6.07, 6.45) is 0. The lowest BCUT2D eigenvalue weighted by Crippen LogP contribution is -2.09. The molecule has 29 heavy (non-hydrogen) atoms. The van der Waals surface area contributed by atoms with E-state index < -0.39 is 12.6 Å². The van der Waals surface area contributed by atoms with Crippen LogP contribution in [0.4, 0.5) is 0 Å². The first-order valence-corrected chi connectivity index (χ1v) is 8.93. The summed E-state index contributed by atoms with van der Waals surface area (Å²) in [7, 11) is 0. The summed E-state index contributed by atoms with van der Waals surface area (Å²) in [5.41, 5.74) is 1.73. The molecular weight excluding hydrogens is 370 g/mol. The molecule has 1 heterocycles. The van der Waals surface area contributed by atoms with Crippen molar-refractivity contribution in [3.8, 4) is 17.2 Å². The van der Waals surface area contributed by atoms with Gasteiger partial charge in [0.05, 0.1) is 5.69 Å². The van der Waals surface area contributed by atoms with Crippen molar-refractivity contribution in [2.75, 3.05) is 6.61 Å². The van der Waals surface area contributed by atoms with Crippen molar-refractivity contribution >= 4 is 22.7 Å². The average Bonchev–Trinajstić information content (AvgIpc) is 3.16. The Morgan fingerprint density at radius 2 is 1.52 bits per heavy atom. The predicted octanol–water partition coefficient (Wildman–Crippen LogP) is 4.65. The van der Waals surface area contributed by atoms with Gasteiger partial charge in [-0.05, 0) is 60.7 Å². The van der Waals surface area contributed by atoms with Crippen molar-refractivity contribution in [3.63, 3.8) is 0 Å². The lowest BCUT2D eigenvalue weighted by atomic mass is 10.1. The van der Waals surface area contributed by atoms with E-state index in [9.17, 15) is 9.59 Å².